The minimum Gasteiger partial charge on any atom is -0.479 e. The Morgan fingerprint density at radius 2 is 0.776 bits per heavy atom. The third kappa shape index (κ3) is 9.57. The molecule has 0 spiro atoms. The second-order valence-electron chi connectivity index (χ2n) is 10.8. The van der Waals surface area contributed by atoms with E-state index in [9.17, 15) is 99.5 Å². The van der Waals surface area contributed by atoms with Crippen LogP contribution in [0.4, 0.5) is 74.6 Å². The zero-order chi connectivity index (χ0) is 40.1. The summed E-state index contributed by atoms with van der Waals surface area (Å²) >= 11 is 0. The first kappa shape index (κ1) is 44.8. The van der Waals surface area contributed by atoms with Crippen molar-refractivity contribution in [3.63, 3.8) is 0 Å². The van der Waals surface area contributed by atoms with E-state index in [-0.39, 0.29) is 38.5 Å². The standard InChI is InChI=1S/C25H31F17O7/c26-18(27,19(28,29)20(30,31)21(32,33)22(34,35)23(36,37)24(38,39)25(40,41)42)11-9-7-5-3-1-2-4-6-8-10-12(43)13(44)14(45)15(46)16(47)17(48)49/h13-16,44-47H,1-11H2,(H,48,49)/t13-,14+,15+,16-/m0/s1/i11D/t11?,13-,14+,15+,16-. The summed E-state index contributed by atoms with van der Waals surface area (Å²) in [6, 6.07) is 0. The molecule has 0 fully saturated rings. The Kier molecular flexibility index (Phi) is 15.0. The maximum Gasteiger partial charge on any atom is 0.460 e. The molecule has 0 heterocycles. The van der Waals surface area contributed by atoms with Gasteiger partial charge in [-0.2, -0.15) is 74.6 Å². The van der Waals surface area contributed by atoms with Gasteiger partial charge in [-0.3, -0.25) is 4.79 Å². The predicted octanol–water partition coefficient (Wildman–Crippen LogP) is 6.38. The molecule has 5 atom stereocenters. The Labute approximate surface area is 266 Å². The summed E-state index contributed by atoms with van der Waals surface area (Å²) in [7, 11) is 0. The van der Waals surface area contributed by atoms with Crippen molar-refractivity contribution in [3.05, 3.63) is 0 Å². The lowest BCUT2D eigenvalue weighted by Gasteiger charge is -2.42. The number of carboxylic acids is 1. The molecular formula is C25H31F17O7. The van der Waals surface area contributed by atoms with Crippen LogP contribution in [0.3, 0.4) is 0 Å². The monoisotopic (exact) mass is 767 g/mol. The van der Waals surface area contributed by atoms with Gasteiger partial charge in [0, 0.05) is 14.2 Å². The molecule has 1 unspecified atom stereocenters. The Balaban J connectivity index is 5.09. The van der Waals surface area contributed by atoms with Crippen molar-refractivity contribution in [2.75, 3.05) is 0 Å². The van der Waals surface area contributed by atoms with Gasteiger partial charge in [-0.05, 0) is 12.8 Å². The molecular weight excluding hydrogens is 735 g/mol. The van der Waals surface area contributed by atoms with Crippen molar-refractivity contribution >= 4 is 11.8 Å². The van der Waals surface area contributed by atoms with Crippen LogP contribution in [0.1, 0.15) is 72.0 Å². The highest BCUT2D eigenvalue weighted by molar-refractivity contribution is 5.83. The number of aliphatic hydroxyl groups is 4. The number of halogens is 17. The summed E-state index contributed by atoms with van der Waals surface area (Å²) in [6.07, 6.45) is -22.8. The molecule has 0 bridgehead atoms. The number of carboxylic acid groups (broad SMARTS) is 1. The summed E-state index contributed by atoms with van der Waals surface area (Å²) in [6.45, 7) is 0. The van der Waals surface area contributed by atoms with E-state index >= 15 is 0 Å². The van der Waals surface area contributed by atoms with Gasteiger partial charge in [0.1, 0.15) is 18.3 Å². The number of aliphatic carboxylic acids is 1. The second kappa shape index (κ2) is 16.4. The van der Waals surface area contributed by atoms with E-state index in [1.165, 1.54) is 0 Å². The molecule has 0 aliphatic rings. The van der Waals surface area contributed by atoms with E-state index in [0.29, 0.717) is 12.8 Å². The predicted molar refractivity (Wildman–Crippen MR) is 128 cm³/mol. The number of carbonyl (C=O) groups excluding carboxylic acids is 1. The molecule has 49 heavy (non-hydrogen) atoms. The number of aliphatic hydroxyl groups excluding tert-OH is 4. The molecule has 0 aromatic heterocycles. The van der Waals surface area contributed by atoms with Gasteiger partial charge < -0.3 is 25.5 Å². The molecule has 0 radical (unpaired) electrons. The van der Waals surface area contributed by atoms with Crippen LogP contribution in [0.25, 0.3) is 0 Å². The van der Waals surface area contributed by atoms with Crippen molar-refractivity contribution in [2.45, 2.75) is 143 Å². The normalized spacial score (nSPS) is 18.0. The van der Waals surface area contributed by atoms with Gasteiger partial charge in [0.25, 0.3) is 0 Å². The van der Waals surface area contributed by atoms with Crippen molar-refractivity contribution in [1.82, 2.24) is 0 Å². The zero-order valence-corrected chi connectivity index (χ0v) is 24.4. The number of hydrogen-bond acceptors (Lipinski definition) is 6. The van der Waals surface area contributed by atoms with Crippen molar-refractivity contribution < 1.29 is 111 Å². The smallest absolute Gasteiger partial charge is 0.460 e. The molecule has 0 aliphatic heterocycles. The van der Waals surface area contributed by atoms with Gasteiger partial charge in [0.2, 0.25) is 0 Å². The molecule has 0 saturated carbocycles. The molecule has 0 saturated heterocycles. The van der Waals surface area contributed by atoms with Gasteiger partial charge in [0.05, 0.1) is 0 Å². The van der Waals surface area contributed by atoms with Crippen LogP contribution in [0, 0.1) is 0 Å². The van der Waals surface area contributed by atoms with Crippen LogP contribution in [-0.4, -0.2) is 109 Å². The van der Waals surface area contributed by atoms with Crippen LogP contribution < -0.4 is 0 Å². The van der Waals surface area contributed by atoms with Crippen LogP contribution in [0.2, 0.25) is 0 Å². The van der Waals surface area contributed by atoms with Crippen molar-refractivity contribution in [3.8, 4) is 0 Å². The van der Waals surface area contributed by atoms with Crippen LogP contribution in [0.5, 0.6) is 0 Å². The fourth-order valence-corrected chi connectivity index (χ4v) is 3.95. The molecule has 0 aliphatic carbocycles. The minimum atomic E-state index is -8.73. The first-order valence-corrected chi connectivity index (χ1v) is 13.8. The Morgan fingerprint density at radius 1 is 0.469 bits per heavy atom. The molecule has 0 amide bonds. The number of ketones is 1. The Hall–Kier alpha value is -2.21. The van der Waals surface area contributed by atoms with E-state index in [4.69, 9.17) is 11.6 Å². The highest BCUT2D eigenvalue weighted by Gasteiger charge is 2.95. The van der Waals surface area contributed by atoms with Crippen LogP contribution >= 0.6 is 0 Å². The fraction of sp³-hybridized carbons (Fsp3) is 0.920. The Morgan fingerprint density at radius 3 is 1.14 bits per heavy atom. The Bertz CT molecular complexity index is 1120. The lowest BCUT2D eigenvalue weighted by Crippen LogP contribution is -2.74. The quantitative estimate of drug-likeness (QED) is 0.0602. The van der Waals surface area contributed by atoms with E-state index in [1.54, 1.807) is 0 Å². The summed E-state index contributed by atoms with van der Waals surface area (Å²) in [5.41, 5.74) is 0. The summed E-state index contributed by atoms with van der Waals surface area (Å²) < 4.78 is 234. The topological polar surface area (TPSA) is 135 Å². The second-order valence-corrected chi connectivity index (χ2v) is 10.8. The van der Waals surface area contributed by atoms with Crippen LogP contribution in [-0.2, 0) is 9.59 Å². The maximum absolute atomic E-state index is 14.1. The molecule has 0 rings (SSSR count). The van der Waals surface area contributed by atoms with E-state index in [0.717, 1.165) is 0 Å². The first-order chi connectivity index (χ1) is 22.1. The minimum absolute atomic E-state index is 0.0469. The summed E-state index contributed by atoms with van der Waals surface area (Å²) in [5.74, 6) is -60.3. The van der Waals surface area contributed by atoms with E-state index < -0.39 is 103 Å². The summed E-state index contributed by atoms with van der Waals surface area (Å²) in [5, 5.41) is 46.4. The fourth-order valence-electron chi connectivity index (χ4n) is 3.95. The SMILES string of the molecule is [2H]C(CCCCCCCCCCC(=O)[C@H](O)[C@@H](O)[C@@H](O)[C@H](O)C(=O)O)C(F)(F)C(F)(F)C(F)(F)C(F)(F)C(F)(F)C(F)(F)C(F)(F)C(F)(F)F. The first-order valence-electron chi connectivity index (χ1n) is 14.3. The van der Waals surface area contributed by atoms with Crippen LogP contribution in [0.15, 0.2) is 0 Å². The number of carbonyl (C=O) groups is 2. The van der Waals surface area contributed by atoms with Gasteiger partial charge in [0.15, 0.2) is 11.9 Å². The van der Waals surface area contributed by atoms with Gasteiger partial charge in [-0.1, -0.05) is 44.9 Å². The molecule has 0 aromatic rings. The summed E-state index contributed by atoms with van der Waals surface area (Å²) in [4.78, 5) is 22.4. The maximum atomic E-state index is 14.1. The highest BCUT2D eigenvalue weighted by atomic mass is 19.4. The average Bonchev–Trinajstić information content (AvgIpc) is 2.98. The average molecular weight is 767 g/mol. The molecule has 292 valence electrons. The number of hydrogen-bond donors (Lipinski definition) is 5. The number of alkyl halides is 17. The van der Waals surface area contributed by atoms with Gasteiger partial charge in [-0.15, -0.1) is 0 Å². The lowest BCUT2D eigenvalue weighted by atomic mass is 9.87. The van der Waals surface area contributed by atoms with Gasteiger partial charge in [-0.25, -0.2) is 4.79 Å². The molecule has 0 aromatic carbocycles. The van der Waals surface area contributed by atoms with Crippen molar-refractivity contribution in [2.24, 2.45) is 0 Å². The highest BCUT2D eigenvalue weighted by Crippen LogP contribution is 2.64. The number of rotatable bonds is 23. The largest absolute Gasteiger partial charge is 0.479 e. The molecule has 24 heteroatoms. The molecule has 7 nitrogen and oxygen atoms in total. The number of Topliss-reactive ketones (excluding diaryl/α,β-unsaturated/α-hetero) is 1. The lowest BCUT2D eigenvalue weighted by molar-refractivity contribution is -0.461. The van der Waals surface area contributed by atoms with Crippen molar-refractivity contribution in [1.29, 1.82) is 0 Å². The van der Waals surface area contributed by atoms with E-state index in [2.05, 4.69) is 0 Å². The van der Waals surface area contributed by atoms with E-state index in [1.807, 2.05) is 0 Å². The van der Waals surface area contributed by atoms with Gasteiger partial charge >= 0.3 is 53.6 Å². The third-order valence-corrected chi connectivity index (χ3v) is 7.10. The molecule has 5 N–H and O–H groups in total. The zero-order valence-electron chi connectivity index (χ0n) is 25.4. The third-order valence-electron chi connectivity index (χ3n) is 7.10. The number of unbranched alkanes of at least 4 members (excludes halogenated alkanes) is 7.